The van der Waals surface area contributed by atoms with Crippen LogP contribution in [0.15, 0.2) is 72.8 Å². The van der Waals surface area contributed by atoms with Crippen LogP contribution in [-0.2, 0) is 22.4 Å². The zero-order valence-electron chi connectivity index (χ0n) is 21.2. The summed E-state index contributed by atoms with van der Waals surface area (Å²) in [7, 11) is 0. The van der Waals surface area contributed by atoms with Crippen LogP contribution in [0.25, 0.3) is 22.3 Å². The van der Waals surface area contributed by atoms with Crippen LogP contribution in [0.1, 0.15) is 44.2 Å². The monoisotopic (exact) mass is 490 g/mol. The molecule has 0 saturated carbocycles. The molecule has 0 spiro atoms. The van der Waals surface area contributed by atoms with Crippen molar-refractivity contribution in [1.29, 1.82) is 0 Å². The Kier molecular flexibility index (Phi) is 10.3. The number of aliphatic hydroxyl groups is 1. The van der Waals surface area contributed by atoms with E-state index in [1.54, 1.807) is 31.2 Å². The molecule has 36 heavy (non-hydrogen) atoms. The second kappa shape index (κ2) is 13.6. The summed E-state index contributed by atoms with van der Waals surface area (Å²) < 4.78 is 26.1. The van der Waals surface area contributed by atoms with Crippen molar-refractivity contribution in [2.75, 3.05) is 19.8 Å². The highest BCUT2D eigenvalue weighted by Gasteiger charge is 2.13. The number of rotatable bonds is 13. The number of hydrogen-bond donors (Lipinski definition) is 1. The van der Waals surface area contributed by atoms with Crippen molar-refractivity contribution in [3.8, 4) is 28.0 Å². The molecule has 0 amide bonds. The maximum absolute atomic E-state index is 15.2. The normalized spacial score (nSPS) is 10.8. The molecule has 0 heterocycles. The number of halogens is 1. The summed E-state index contributed by atoms with van der Waals surface area (Å²) in [6, 6.07) is 19.0. The van der Waals surface area contributed by atoms with Gasteiger partial charge in [-0.2, -0.15) is 0 Å². The molecular weight excluding hydrogens is 455 g/mol. The SMILES string of the molecule is C=C(C)C(=O)OCCc1cc(-c2ccc(-c3ccc(CCCCC)cc3)cc2F)ccc1OCCO. The first kappa shape index (κ1) is 27.2. The zero-order chi connectivity index (χ0) is 25.9. The molecule has 0 aliphatic heterocycles. The van der Waals surface area contributed by atoms with Crippen molar-refractivity contribution in [2.24, 2.45) is 0 Å². The highest BCUT2D eigenvalue weighted by atomic mass is 19.1. The molecule has 5 heteroatoms. The Morgan fingerprint density at radius 3 is 2.31 bits per heavy atom. The average Bonchev–Trinajstić information content (AvgIpc) is 2.88. The molecule has 4 nitrogen and oxygen atoms in total. The van der Waals surface area contributed by atoms with Crippen molar-refractivity contribution in [3.05, 3.63) is 89.8 Å². The molecule has 0 bridgehead atoms. The number of carbonyl (C=O) groups excluding carboxylic acids is 1. The summed E-state index contributed by atoms with van der Waals surface area (Å²) in [5.74, 6) is -0.210. The maximum Gasteiger partial charge on any atom is 0.333 e. The van der Waals surface area contributed by atoms with Gasteiger partial charge >= 0.3 is 5.97 Å². The lowest BCUT2D eigenvalue weighted by Crippen LogP contribution is -2.10. The average molecular weight is 491 g/mol. The first-order chi connectivity index (χ1) is 17.4. The third-order valence-electron chi connectivity index (χ3n) is 6.00. The molecule has 0 unspecified atom stereocenters. The van der Waals surface area contributed by atoms with Gasteiger partial charge in [0.05, 0.1) is 13.2 Å². The van der Waals surface area contributed by atoms with Gasteiger partial charge in [-0.05, 0) is 65.8 Å². The van der Waals surface area contributed by atoms with E-state index in [0.29, 0.717) is 28.9 Å². The fraction of sp³-hybridized carbons (Fsp3) is 0.323. The minimum atomic E-state index is -0.459. The lowest BCUT2D eigenvalue weighted by atomic mass is 9.96. The van der Waals surface area contributed by atoms with Gasteiger partial charge in [-0.25, -0.2) is 9.18 Å². The first-order valence-electron chi connectivity index (χ1n) is 12.5. The Morgan fingerprint density at radius 2 is 1.64 bits per heavy atom. The Balaban J connectivity index is 1.79. The number of benzene rings is 3. The van der Waals surface area contributed by atoms with E-state index in [4.69, 9.17) is 14.6 Å². The Hall–Kier alpha value is -3.44. The van der Waals surface area contributed by atoms with Gasteiger partial charge in [-0.15, -0.1) is 0 Å². The smallest absolute Gasteiger partial charge is 0.333 e. The van der Waals surface area contributed by atoms with Crippen molar-refractivity contribution < 1.29 is 23.8 Å². The lowest BCUT2D eigenvalue weighted by molar-refractivity contribution is -0.138. The maximum atomic E-state index is 15.2. The van der Waals surface area contributed by atoms with Gasteiger partial charge in [0.25, 0.3) is 0 Å². The van der Waals surface area contributed by atoms with Crippen LogP contribution < -0.4 is 4.74 Å². The van der Waals surface area contributed by atoms with E-state index in [1.165, 1.54) is 24.8 Å². The van der Waals surface area contributed by atoms with E-state index in [1.807, 2.05) is 24.3 Å². The van der Waals surface area contributed by atoms with Crippen LogP contribution in [0, 0.1) is 5.82 Å². The zero-order valence-corrected chi connectivity index (χ0v) is 21.2. The molecule has 0 aliphatic carbocycles. The summed E-state index contributed by atoms with van der Waals surface area (Å²) in [6.07, 6.45) is 5.06. The van der Waals surface area contributed by atoms with E-state index in [-0.39, 0.29) is 25.6 Å². The summed E-state index contributed by atoms with van der Waals surface area (Å²) >= 11 is 0. The lowest BCUT2D eigenvalue weighted by Gasteiger charge is -2.14. The second-order valence-corrected chi connectivity index (χ2v) is 8.91. The number of unbranched alkanes of at least 4 members (excludes halogenated alkanes) is 2. The number of ether oxygens (including phenoxy) is 2. The van der Waals surface area contributed by atoms with Gasteiger partial charge in [0.2, 0.25) is 0 Å². The molecule has 3 rings (SSSR count). The van der Waals surface area contributed by atoms with Gasteiger partial charge in [0.1, 0.15) is 18.2 Å². The summed E-state index contributed by atoms with van der Waals surface area (Å²) in [5.41, 5.74) is 5.37. The third-order valence-corrected chi connectivity index (χ3v) is 6.00. The Labute approximate surface area is 213 Å². The highest BCUT2D eigenvalue weighted by molar-refractivity contribution is 5.86. The summed E-state index contributed by atoms with van der Waals surface area (Å²) in [4.78, 5) is 11.7. The van der Waals surface area contributed by atoms with E-state index in [9.17, 15) is 4.79 Å². The number of carbonyl (C=O) groups is 1. The van der Waals surface area contributed by atoms with Crippen LogP contribution in [0.5, 0.6) is 5.75 Å². The van der Waals surface area contributed by atoms with E-state index in [2.05, 4.69) is 25.6 Å². The van der Waals surface area contributed by atoms with Crippen molar-refractivity contribution in [1.82, 2.24) is 0 Å². The largest absolute Gasteiger partial charge is 0.491 e. The molecule has 0 fully saturated rings. The fourth-order valence-electron chi connectivity index (χ4n) is 3.99. The Bertz CT molecular complexity index is 1170. The van der Waals surface area contributed by atoms with Crippen LogP contribution in [0.2, 0.25) is 0 Å². The number of aryl methyl sites for hydroxylation is 1. The number of hydrogen-bond acceptors (Lipinski definition) is 4. The molecule has 1 N–H and O–H groups in total. The van der Waals surface area contributed by atoms with Crippen LogP contribution in [-0.4, -0.2) is 30.9 Å². The van der Waals surface area contributed by atoms with Crippen LogP contribution in [0.3, 0.4) is 0 Å². The van der Waals surface area contributed by atoms with Gasteiger partial charge in [-0.1, -0.05) is 68.8 Å². The third kappa shape index (κ3) is 7.53. The minimum Gasteiger partial charge on any atom is -0.491 e. The van der Waals surface area contributed by atoms with Crippen LogP contribution >= 0.6 is 0 Å². The molecule has 3 aromatic rings. The molecule has 0 atom stereocenters. The Morgan fingerprint density at radius 1 is 0.917 bits per heavy atom. The minimum absolute atomic E-state index is 0.123. The number of esters is 1. The molecular formula is C31H35FO4. The quantitative estimate of drug-likeness (QED) is 0.160. The van der Waals surface area contributed by atoms with Gasteiger partial charge in [-0.3, -0.25) is 0 Å². The van der Waals surface area contributed by atoms with E-state index >= 15 is 4.39 Å². The van der Waals surface area contributed by atoms with Crippen molar-refractivity contribution in [2.45, 2.75) is 46.0 Å². The predicted octanol–water partition coefficient (Wildman–Crippen LogP) is 6.93. The molecule has 190 valence electrons. The fourth-order valence-corrected chi connectivity index (χ4v) is 3.99. The highest BCUT2D eigenvalue weighted by Crippen LogP contribution is 2.32. The summed E-state index contributed by atoms with van der Waals surface area (Å²) in [5, 5.41) is 9.13. The molecule has 0 aromatic heterocycles. The molecule has 3 aromatic carbocycles. The van der Waals surface area contributed by atoms with Crippen molar-refractivity contribution >= 4 is 5.97 Å². The second-order valence-electron chi connectivity index (χ2n) is 8.91. The first-order valence-corrected chi connectivity index (χ1v) is 12.5. The van der Waals surface area contributed by atoms with Crippen molar-refractivity contribution in [3.63, 3.8) is 0 Å². The topological polar surface area (TPSA) is 55.8 Å². The van der Waals surface area contributed by atoms with Crippen LogP contribution in [0.4, 0.5) is 4.39 Å². The van der Waals surface area contributed by atoms with Gasteiger partial charge in [0.15, 0.2) is 0 Å². The molecule has 0 aliphatic rings. The molecule has 0 radical (unpaired) electrons. The predicted molar refractivity (Wildman–Crippen MR) is 143 cm³/mol. The van der Waals surface area contributed by atoms with Gasteiger partial charge < -0.3 is 14.6 Å². The number of aliphatic hydroxyl groups excluding tert-OH is 1. The van der Waals surface area contributed by atoms with Gasteiger partial charge in [0, 0.05) is 17.6 Å². The van der Waals surface area contributed by atoms with E-state index < -0.39 is 5.97 Å². The summed E-state index contributed by atoms with van der Waals surface area (Å²) in [6.45, 7) is 7.52. The standard InChI is InChI=1S/C31H35FO4/c1-4-5-6-7-23-8-10-24(11-9-23)25-12-14-28(29(32)21-25)26-13-15-30(35-19-17-33)27(20-26)16-18-36-31(34)22(2)3/h8-15,20-21,33H,2,4-7,16-19H2,1,3H3. The van der Waals surface area contributed by atoms with E-state index in [0.717, 1.165) is 23.1 Å². The molecule has 0 saturated heterocycles.